The van der Waals surface area contributed by atoms with Crippen molar-refractivity contribution in [1.82, 2.24) is 0 Å². The molecule has 0 aromatic heterocycles. The lowest BCUT2D eigenvalue weighted by Gasteiger charge is -2.08. The van der Waals surface area contributed by atoms with Crippen molar-refractivity contribution in [1.29, 1.82) is 0 Å². The average Bonchev–Trinajstić information content (AvgIpc) is 2.99. The maximum absolute atomic E-state index is 13.1. The van der Waals surface area contributed by atoms with E-state index in [1.54, 1.807) is 0 Å². The lowest BCUT2D eigenvalue weighted by Crippen LogP contribution is -2.09. The van der Waals surface area contributed by atoms with Gasteiger partial charge in [0.2, 0.25) is 0 Å². The second-order valence-corrected chi connectivity index (χ2v) is 3.67. The van der Waals surface area contributed by atoms with E-state index in [9.17, 15) is 17.6 Å². The highest BCUT2D eigenvalue weighted by molar-refractivity contribution is 5.47. The molecule has 0 atom stereocenters. The number of nitrogens with one attached hydrogen (secondary N) is 1. The molecule has 1 fully saturated rings. The van der Waals surface area contributed by atoms with Gasteiger partial charge in [-0.25, -0.2) is 17.6 Å². The summed E-state index contributed by atoms with van der Waals surface area (Å²) in [5.41, 5.74) is -0.709. The van der Waals surface area contributed by atoms with Crippen LogP contribution in [0.4, 0.5) is 23.2 Å². The fourth-order valence-electron chi connectivity index (χ4n) is 1.30. The van der Waals surface area contributed by atoms with Crippen LogP contribution in [-0.2, 0) is 0 Å². The molecule has 1 N–H and O–H groups in total. The van der Waals surface area contributed by atoms with Crippen molar-refractivity contribution in [3.8, 4) is 0 Å². The molecule has 0 saturated heterocycles. The van der Waals surface area contributed by atoms with E-state index in [0.29, 0.717) is 12.5 Å². The fourth-order valence-corrected chi connectivity index (χ4v) is 1.30. The van der Waals surface area contributed by atoms with Gasteiger partial charge in [-0.15, -0.1) is 0 Å². The van der Waals surface area contributed by atoms with Crippen LogP contribution in [0, 0.1) is 29.2 Å². The molecule has 1 aromatic carbocycles. The first-order valence-electron chi connectivity index (χ1n) is 4.66. The smallest absolute Gasteiger partial charge is 0.185 e. The van der Waals surface area contributed by atoms with Crippen LogP contribution in [0.2, 0.25) is 0 Å². The molecular formula is C10H9F4N. The Morgan fingerprint density at radius 2 is 1.60 bits per heavy atom. The summed E-state index contributed by atoms with van der Waals surface area (Å²) in [5, 5.41) is 2.39. The molecule has 0 spiro atoms. The zero-order valence-electron chi connectivity index (χ0n) is 7.79. The van der Waals surface area contributed by atoms with Crippen LogP contribution in [0.25, 0.3) is 0 Å². The van der Waals surface area contributed by atoms with Crippen LogP contribution in [0.1, 0.15) is 12.8 Å². The lowest BCUT2D eigenvalue weighted by atomic mass is 10.2. The third kappa shape index (κ3) is 2.06. The SMILES string of the molecule is Fc1cc(F)c(F)c(NCC2CC2)c1F. The van der Waals surface area contributed by atoms with Gasteiger partial charge in [-0.2, -0.15) is 0 Å². The van der Waals surface area contributed by atoms with E-state index in [1.165, 1.54) is 0 Å². The first kappa shape index (κ1) is 10.3. The molecule has 82 valence electrons. The van der Waals surface area contributed by atoms with Gasteiger partial charge in [-0.1, -0.05) is 0 Å². The van der Waals surface area contributed by atoms with Gasteiger partial charge in [0, 0.05) is 12.6 Å². The second-order valence-electron chi connectivity index (χ2n) is 3.67. The summed E-state index contributed by atoms with van der Waals surface area (Å²) in [4.78, 5) is 0. The molecule has 5 heteroatoms. The third-order valence-corrected chi connectivity index (χ3v) is 2.38. The Balaban J connectivity index is 2.25. The van der Waals surface area contributed by atoms with Crippen molar-refractivity contribution in [2.45, 2.75) is 12.8 Å². The van der Waals surface area contributed by atoms with Gasteiger partial charge in [-0.05, 0) is 18.8 Å². The van der Waals surface area contributed by atoms with E-state index in [4.69, 9.17) is 0 Å². The van der Waals surface area contributed by atoms with E-state index in [-0.39, 0.29) is 6.07 Å². The molecule has 0 radical (unpaired) electrons. The van der Waals surface area contributed by atoms with E-state index < -0.39 is 29.0 Å². The highest BCUT2D eigenvalue weighted by Gasteiger charge is 2.24. The van der Waals surface area contributed by atoms with Gasteiger partial charge >= 0.3 is 0 Å². The molecule has 1 saturated carbocycles. The van der Waals surface area contributed by atoms with Gasteiger partial charge in [-0.3, -0.25) is 0 Å². The predicted octanol–water partition coefficient (Wildman–Crippen LogP) is 3.06. The summed E-state index contributed by atoms with van der Waals surface area (Å²) >= 11 is 0. The maximum Gasteiger partial charge on any atom is 0.185 e. The number of benzene rings is 1. The topological polar surface area (TPSA) is 12.0 Å². The maximum atomic E-state index is 13.1. The summed E-state index contributed by atoms with van der Waals surface area (Å²) in [7, 11) is 0. The fraction of sp³-hybridized carbons (Fsp3) is 0.400. The number of anilines is 1. The highest BCUT2D eigenvalue weighted by atomic mass is 19.2. The van der Waals surface area contributed by atoms with Crippen LogP contribution in [0.15, 0.2) is 6.07 Å². The minimum atomic E-state index is -1.38. The first-order valence-corrected chi connectivity index (χ1v) is 4.66. The normalized spacial score (nSPS) is 15.5. The summed E-state index contributed by atoms with van der Waals surface area (Å²) in [6, 6.07) is 0.201. The molecule has 1 aromatic rings. The van der Waals surface area contributed by atoms with Crippen molar-refractivity contribution < 1.29 is 17.6 Å². The zero-order valence-corrected chi connectivity index (χ0v) is 7.79. The minimum absolute atomic E-state index is 0.201. The molecule has 0 heterocycles. The van der Waals surface area contributed by atoms with Crippen LogP contribution in [-0.4, -0.2) is 6.54 Å². The summed E-state index contributed by atoms with van der Waals surface area (Å²) in [6.07, 6.45) is 1.96. The lowest BCUT2D eigenvalue weighted by molar-refractivity contribution is 0.458. The molecule has 0 bridgehead atoms. The van der Waals surface area contributed by atoms with E-state index in [2.05, 4.69) is 5.32 Å². The molecule has 15 heavy (non-hydrogen) atoms. The van der Waals surface area contributed by atoms with Crippen molar-refractivity contribution in [2.75, 3.05) is 11.9 Å². The first-order chi connectivity index (χ1) is 7.09. The second kappa shape index (κ2) is 3.72. The average molecular weight is 219 g/mol. The molecular weight excluding hydrogens is 210 g/mol. The molecule has 1 aliphatic carbocycles. The largest absolute Gasteiger partial charge is 0.380 e. The number of halogens is 4. The Hall–Kier alpha value is -1.26. The van der Waals surface area contributed by atoms with Crippen molar-refractivity contribution in [3.63, 3.8) is 0 Å². The summed E-state index contributed by atoms with van der Waals surface area (Å²) in [5.74, 6) is -5.14. The minimum Gasteiger partial charge on any atom is -0.380 e. The van der Waals surface area contributed by atoms with E-state index in [0.717, 1.165) is 12.8 Å². The molecule has 1 nitrogen and oxygen atoms in total. The van der Waals surface area contributed by atoms with Gasteiger partial charge in [0.25, 0.3) is 0 Å². The Bertz CT molecular complexity index is 361. The Morgan fingerprint density at radius 3 is 2.07 bits per heavy atom. The molecule has 0 aliphatic heterocycles. The molecule has 1 aliphatic rings. The standard InChI is InChI=1S/C10H9F4N/c11-6-3-7(12)9(14)10(8(6)13)15-4-5-1-2-5/h3,5,15H,1-2,4H2. The van der Waals surface area contributed by atoms with Crippen molar-refractivity contribution in [3.05, 3.63) is 29.3 Å². The van der Waals surface area contributed by atoms with E-state index in [1.807, 2.05) is 0 Å². The van der Waals surface area contributed by atoms with Gasteiger partial charge in [0.1, 0.15) is 5.69 Å². The summed E-state index contributed by atoms with van der Waals surface area (Å²) in [6.45, 7) is 0.344. The number of hydrogen-bond acceptors (Lipinski definition) is 1. The van der Waals surface area contributed by atoms with Crippen LogP contribution in [0.5, 0.6) is 0 Å². The Kier molecular flexibility index (Phi) is 2.54. The molecule has 0 unspecified atom stereocenters. The van der Waals surface area contributed by atoms with Crippen molar-refractivity contribution >= 4 is 5.69 Å². The summed E-state index contributed by atoms with van der Waals surface area (Å²) < 4.78 is 51.6. The quantitative estimate of drug-likeness (QED) is 0.608. The van der Waals surface area contributed by atoms with E-state index >= 15 is 0 Å². The van der Waals surface area contributed by atoms with Gasteiger partial charge < -0.3 is 5.32 Å². The zero-order chi connectivity index (χ0) is 11.0. The Morgan fingerprint density at radius 1 is 1.07 bits per heavy atom. The van der Waals surface area contributed by atoms with Gasteiger partial charge in [0.15, 0.2) is 23.3 Å². The van der Waals surface area contributed by atoms with Crippen LogP contribution >= 0.6 is 0 Å². The monoisotopic (exact) mass is 219 g/mol. The van der Waals surface area contributed by atoms with Crippen LogP contribution < -0.4 is 5.32 Å². The number of rotatable bonds is 3. The Labute approximate surface area is 84.1 Å². The van der Waals surface area contributed by atoms with Crippen molar-refractivity contribution in [2.24, 2.45) is 5.92 Å². The highest BCUT2D eigenvalue weighted by Crippen LogP contribution is 2.30. The van der Waals surface area contributed by atoms with Crippen LogP contribution in [0.3, 0.4) is 0 Å². The number of hydrogen-bond donors (Lipinski definition) is 1. The predicted molar refractivity (Wildman–Crippen MR) is 47.5 cm³/mol. The molecule has 2 rings (SSSR count). The third-order valence-electron chi connectivity index (χ3n) is 2.38. The van der Waals surface area contributed by atoms with Gasteiger partial charge in [0.05, 0.1) is 0 Å². The molecule has 0 amide bonds.